The Morgan fingerprint density at radius 2 is 1.54 bits per heavy atom. The van der Waals surface area contributed by atoms with Gasteiger partial charge >= 0.3 is 0 Å². The van der Waals surface area contributed by atoms with Crippen LogP contribution in [-0.4, -0.2) is 19.0 Å². The first-order chi connectivity index (χ1) is 13.6. The summed E-state index contributed by atoms with van der Waals surface area (Å²) in [5, 5.41) is 0. The van der Waals surface area contributed by atoms with Crippen molar-refractivity contribution in [1.29, 1.82) is 0 Å². The van der Waals surface area contributed by atoms with Crippen LogP contribution < -0.4 is 0 Å². The van der Waals surface area contributed by atoms with Gasteiger partial charge in [0.2, 0.25) is 0 Å². The van der Waals surface area contributed by atoms with Crippen molar-refractivity contribution >= 4 is 5.78 Å². The number of ketones is 1. The van der Waals surface area contributed by atoms with Crippen LogP contribution in [0.1, 0.15) is 70.4 Å². The van der Waals surface area contributed by atoms with Crippen LogP contribution in [0, 0.1) is 5.92 Å². The lowest BCUT2D eigenvalue weighted by Crippen LogP contribution is -2.40. The van der Waals surface area contributed by atoms with E-state index in [1.54, 1.807) is 0 Å². The molecule has 0 atom stereocenters. The minimum Gasteiger partial charge on any atom is -0.380 e. The van der Waals surface area contributed by atoms with Gasteiger partial charge in [-0.05, 0) is 41.0 Å². The molecule has 2 aromatic rings. The molecule has 1 aliphatic rings. The number of ether oxygens (including phenoxy) is 1. The number of hydrogen-bond acceptors (Lipinski definition) is 2. The van der Waals surface area contributed by atoms with E-state index in [4.69, 9.17) is 4.74 Å². The molecule has 2 heteroatoms. The highest BCUT2D eigenvalue weighted by Gasteiger charge is 2.48. The summed E-state index contributed by atoms with van der Waals surface area (Å²) in [4.78, 5) is 13.7. The van der Waals surface area contributed by atoms with Crippen LogP contribution in [0.5, 0.6) is 0 Å². The Morgan fingerprint density at radius 1 is 0.929 bits per heavy atom. The highest BCUT2D eigenvalue weighted by Crippen LogP contribution is 2.50. The lowest BCUT2D eigenvalue weighted by molar-refractivity contribution is -0.125. The topological polar surface area (TPSA) is 26.3 Å². The van der Waals surface area contributed by atoms with Crippen molar-refractivity contribution in [2.45, 2.75) is 64.7 Å². The molecule has 0 aliphatic heterocycles. The number of rotatable bonds is 11. The Morgan fingerprint density at radius 3 is 2.11 bits per heavy atom. The molecule has 0 saturated carbocycles. The Hall–Kier alpha value is -1.93. The van der Waals surface area contributed by atoms with Crippen molar-refractivity contribution in [2.75, 3.05) is 13.2 Å². The third-order valence-electron chi connectivity index (χ3n) is 5.89. The van der Waals surface area contributed by atoms with E-state index in [9.17, 15) is 4.79 Å². The second kappa shape index (κ2) is 9.52. The van der Waals surface area contributed by atoms with Crippen molar-refractivity contribution in [3.8, 4) is 11.1 Å². The number of carbonyl (C=O) groups is 1. The lowest BCUT2D eigenvalue weighted by atomic mass is 9.73. The maximum absolute atomic E-state index is 13.7. The van der Waals surface area contributed by atoms with E-state index in [2.05, 4.69) is 69.3 Å². The van der Waals surface area contributed by atoms with Crippen molar-refractivity contribution in [2.24, 2.45) is 5.92 Å². The first-order valence-corrected chi connectivity index (χ1v) is 10.9. The minimum absolute atomic E-state index is 0.311. The third kappa shape index (κ3) is 4.07. The third-order valence-corrected chi connectivity index (χ3v) is 5.89. The van der Waals surface area contributed by atoms with Crippen LogP contribution >= 0.6 is 0 Å². The molecule has 0 N–H and O–H groups in total. The first kappa shape index (κ1) is 20.8. The monoisotopic (exact) mass is 378 g/mol. The van der Waals surface area contributed by atoms with Gasteiger partial charge in [0.05, 0.1) is 6.61 Å². The molecule has 1 aliphatic carbocycles. The van der Waals surface area contributed by atoms with Gasteiger partial charge in [0, 0.05) is 13.0 Å². The quantitative estimate of drug-likeness (QED) is 0.414. The summed E-state index contributed by atoms with van der Waals surface area (Å²) in [5.41, 5.74) is 3.97. The Bertz CT molecular complexity index is 745. The van der Waals surface area contributed by atoms with Crippen molar-refractivity contribution < 1.29 is 9.53 Å². The summed E-state index contributed by atoms with van der Waals surface area (Å²) >= 11 is 0. The Labute approximate surface area is 170 Å². The van der Waals surface area contributed by atoms with Crippen molar-refractivity contribution in [3.63, 3.8) is 0 Å². The van der Waals surface area contributed by atoms with Crippen LogP contribution in [0.3, 0.4) is 0 Å². The Kier molecular flexibility index (Phi) is 7.07. The second-order valence-electron chi connectivity index (χ2n) is 8.47. The van der Waals surface area contributed by atoms with Gasteiger partial charge in [-0.25, -0.2) is 0 Å². The predicted octanol–water partition coefficient (Wildman–Crippen LogP) is 6.56. The molecule has 0 spiro atoms. The predicted molar refractivity (Wildman–Crippen MR) is 117 cm³/mol. The average molecular weight is 379 g/mol. The van der Waals surface area contributed by atoms with Crippen LogP contribution in [0.4, 0.5) is 0 Å². The maximum Gasteiger partial charge on any atom is 0.150 e. The molecule has 2 aromatic carbocycles. The highest BCUT2D eigenvalue weighted by atomic mass is 16.5. The van der Waals surface area contributed by atoms with Crippen LogP contribution in [0.2, 0.25) is 0 Å². The van der Waals surface area contributed by atoms with E-state index < -0.39 is 5.41 Å². The zero-order valence-corrected chi connectivity index (χ0v) is 17.7. The second-order valence-corrected chi connectivity index (χ2v) is 8.47. The van der Waals surface area contributed by atoms with Crippen LogP contribution in [0.15, 0.2) is 48.5 Å². The average Bonchev–Trinajstić information content (AvgIpc) is 2.99. The van der Waals surface area contributed by atoms with Gasteiger partial charge in [-0.2, -0.15) is 0 Å². The number of carbonyl (C=O) groups excluding carboxylic acids is 1. The summed E-state index contributed by atoms with van der Waals surface area (Å²) in [6.07, 6.45) is 6.12. The van der Waals surface area contributed by atoms with Gasteiger partial charge in [-0.1, -0.05) is 88.6 Å². The molecule has 0 bridgehead atoms. The normalized spacial score (nSPS) is 14.1. The molecule has 0 aromatic heterocycles. The van der Waals surface area contributed by atoms with Gasteiger partial charge in [0.15, 0.2) is 0 Å². The molecular weight excluding hydrogens is 344 g/mol. The maximum atomic E-state index is 13.7. The minimum atomic E-state index is -0.652. The molecule has 0 unspecified atom stereocenters. The van der Waals surface area contributed by atoms with Gasteiger partial charge in [0.25, 0.3) is 0 Å². The van der Waals surface area contributed by atoms with Crippen LogP contribution in [0.25, 0.3) is 11.1 Å². The number of Topliss-reactive ketones (excluding diaryl/α,β-unsaturated/α-hetero) is 1. The molecule has 3 rings (SSSR count). The molecule has 0 amide bonds. The van der Waals surface area contributed by atoms with Crippen molar-refractivity contribution in [1.82, 2.24) is 0 Å². The molecule has 0 radical (unpaired) electrons. The fraction of sp³-hybridized carbons (Fsp3) is 0.500. The smallest absolute Gasteiger partial charge is 0.150 e. The molecule has 150 valence electrons. The molecule has 0 heterocycles. The molecule has 2 nitrogen and oxygen atoms in total. The van der Waals surface area contributed by atoms with Crippen molar-refractivity contribution in [3.05, 3.63) is 59.7 Å². The molecule has 28 heavy (non-hydrogen) atoms. The number of unbranched alkanes of at least 4 members (excludes halogenated alkanes) is 2. The van der Waals surface area contributed by atoms with Gasteiger partial charge < -0.3 is 4.74 Å². The molecular formula is C26H34O2. The van der Waals surface area contributed by atoms with E-state index in [-0.39, 0.29) is 0 Å². The summed E-state index contributed by atoms with van der Waals surface area (Å²) in [5.74, 6) is 1.05. The Balaban J connectivity index is 1.89. The largest absolute Gasteiger partial charge is 0.380 e. The van der Waals surface area contributed by atoms with E-state index in [1.807, 2.05) is 0 Å². The first-order valence-electron chi connectivity index (χ1n) is 10.9. The fourth-order valence-corrected chi connectivity index (χ4v) is 4.46. The zero-order valence-electron chi connectivity index (χ0n) is 17.7. The van der Waals surface area contributed by atoms with E-state index in [0.717, 1.165) is 36.3 Å². The zero-order chi connectivity index (χ0) is 20.0. The van der Waals surface area contributed by atoms with E-state index in [0.29, 0.717) is 25.4 Å². The van der Waals surface area contributed by atoms with E-state index in [1.165, 1.54) is 24.0 Å². The van der Waals surface area contributed by atoms with E-state index >= 15 is 0 Å². The summed E-state index contributed by atoms with van der Waals surface area (Å²) in [7, 11) is 0. The standard InChI is InChI=1S/C26H34O2/c1-4-18-28-19-26(25(27)17-7-5-6-12-20(2)3)23-15-10-8-13-21(23)22-14-9-11-16-24(22)26/h8-11,13-16,20H,4-7,12,17-19H2,1-3H3. The summed E-state index contributed by atoms with van der Waals surface area (Å²) < 4.78 is 6.04. The summed E-state index contributed by atoms with van der Waals surface area (Å²) in [6.45, 7) is 7.77. The van der Waals surface area contributed by atoms with Gasteiger partial charge in [-0.15, -0.1) is 0 Å². The van der Waals surface area contributed by atoms with Crippen LogP contribution in [-0.2, 0) is 14.9 Å². The SMILES string of the molecule is CCCOCC1(C(=O)CCCCCC(C)C)c2ccccc2-c2ccccc21. The molecule has 0 fully saturated rings. The summed E-state index contributed by atoms with van der Waals surface area (Å²) in [6, 6.07) is 16.8. The highest BCUT2D eigenvalue weighted by molar-refractivity contribution is 6.01. The number of fused-ring (bicyclic) bond motifs is 3. The van der Waals surface area contributed by atoms with Gasteiger partial charge in [0.1, 0.15) is 11.2 Å². The number of hydrogen-bond donors (Lipinski definition) is 0. The number of benzene rings is 2. The lowest BCUT2D eigenvalue weighted by Gasteiger charge is -2.30. The van der Waals surface area contributed by atoms with Gasteiger partial charge in [-0.3, -0.25) is 4.79 Å². The molecule has 0 saturated heterocycles. The fourth-order valence-electron chi connectivity index (χ4n) is 4.46.